The number of fused-ring (bicyclic) bond motifs is 10. The van der Waals surface area contributed by atoms with Crippen LogP contribution in [0.2, 0.25) is 0 Å². The molecule has 1 aliphatic heterocycles. The first kappa shape index (κ1) is 35.8. The zero-order chi connectivity index (χ0) is 38.9. The fraction of sp³-hybridized carbons (Fsp3) is 0. The van der Waals surface area contributed by atoms with E-state index in [0.717, 1.165) is 77.8 Å². The van der Waals surface area contributed by atoms with Crippen LogP contribution in [-0.4, -0.2) is 14.1 Å². The van der Waals surface area contributed by atoms with Gasteiger partial charge in [0.15, 0.2) is 0 Å². The van der Waals surface area contributed by atoms with Gasteiger partial charge in [0.05, 0.1) is 16.7 Å². The van der Waals surface area contributed by atoms with E-state index in [9.17, 15) is 0 Å². The van der Waals surface area contributed by atoms with Crippen molar-refractivity contribution < 1.29 is 30.4 Å². The van der Waals surface area contributed by atoms with Crippen LogP contribution in [0.4, 0.5) is 0 Å². The number of imidazole rings is 1. The van der Waals surface area contributed by atoms with E-state index in [2.05, 4.69) is 189 Å². The second kappa shape index (κ2) is 14.5. The van der Waals surface area contributed by atoms with Crippen LogP contribution in [0.25, 0.3) is 94.5 Å². The predicted octanol–water partition coefficient (Wildman–Crippen LogP) is 12.6. The van der Waals surface area contributed by atoms with E-state index in [0.29, 0.717) is 11.5 Å². The number of benzene rings is 8. The maximum atomic E-state index is 6.61. The van der Waals surface area contributed by atoms with Gasteiger partial charge in [0.25, 0.3) is 6.33 Å². The van der Waals surface area contributed by atoms with Crippen LogP contribution >= 0.6 is 0 Å². The van der Waals surface area contributed by atoms with Gasteiger partial charge in [-0.25, -0.2) is 4.98 Å². The summed E-state index contributed by atoms with van der Waals surface area (Å²) in [7, 11) is 0. The van der Waals surface area contributed by atoms with Crippen molar-refractivity contribution in [2.75, 3.05) is 0 Å². The molecule has 0 N–H and O–H groups in total. The molecule has 11 aromatic rings. The fourth-order valence-electron chi connectivity index (χ4n) is 8.87. The fourth-order valence-corrected chi connectivity index (χ4v) is 8.87. The summed E-state index contributed by atoms with van der Waals surface area (Å²) < 4.78 is 13.1. The van der Waals surface area contributed by atoms with Crippen molar-refractivity contribution in [2.24, 2.45) is 0 Å². The molecule has 286 valence electrons. The Kier molecular flexibility index (Phi) is 8.65. The minimum atomic E-state index is 0. The third-order valence-electron chi connectivity index (χ3n) is 11.4. The van der Waals surface area contributed by atoms with Crippen molar-refractivity contribution in [3.8, 4) is 73.2 Å². The summed E-state index contributed by atoms with van der Waals surface area (Å²) >= 11 is 0. The smallest absolute Gasteiger partial charge is 0.268 e. The number of pyridine rings is 1. The molecule has 0 amide bonds. The van der Waals surface area contributed by atoms with E-state index >= 15 is 0 Å². The van der Waals surface area contributed by atoms with Crippen LogP contribution < -0.4 is 9.30 Å². The van der Waals surface area contributed by atoms with Crippen LogP contribution in [0.5, 0.6) is 11.5 Å². The third kappa shape index (κ3) is 5.66. The molecule has 12 rings (SSSR count). The Morgan fingerprint density at radius 2 is 1.08 bits per heavy atom. The van der Waals surface area contributed by atoms with Gasteiger partial charge in [0.1, 0.15) is 5.82 Å². The first-order valence-corrected chi connectivity index (χ1v) is 19.7. The second-order valence-corrected chi connectivity index (χ2v) is 14.7. The second-order valence-electron chi connectivity index (χ2n) is 14.7. The summed E-state index contributed by atoms with van der Waals surface area (Å²) in [6.07, 6.45) is 5.67. The number of hydrogen-bond acceptors (Lipinski definition) is 2. The maximum Gasteiger partial charge on any atom is 0.268 e. The number of hydrogen-bond donors (Lipinski definition) is 0. The maximum absolute atomic E-state index is 6.61. The molecule has 0 bridgehead atoms. The van der Waals surface area contributed by atoms with Crippen molar-refractivity contribution >= 4 is 32.8 Å². The quantitative estimate of drug-likeness (QED) is 0.127. The summed E-state index contributed by atoms with van der Waals surface area (Å²) in [6.45, 7) is 0. The molecule has 8 aromatic carbocycles. The number of nitrogens with zero attached hydrogens (tertiary/aromatic N) is 4. The van der Waals surface area contributed by atoms with Crippen molar-refractivity contribution in [3.05, 3.63) is 213 Å². The topological polar surface area (TPSA) is 35.9 Å². The van der Waals surface area contributed by atoms with E-state index < -0.39 is 0 Å². The molecule has 0 atom stereocenters. The number of para-hydroxylation sites is 3. The van der Waals surface area contributed by atoms with Gasteiger partial charge in [0.2, 0.25) is 0 Å². The summed E-state index contributed by atoms with van der Waals surface area (Å²) in [6, 6.07) is 72.9. The molecule has 5 nitrogen and oxygen atoms in total. The summed E-state index contributed by atoms with van der Waals surface area (Å²) in [5.74, 6) is 1.98. The van der Waals surface area contributed by atoms with Gasteiger partial charge in [-0.3, -0.25) is 4.57 Å². The summed E-state index contributed by atoms with van der Waals surface area (Å²) in [5, 5.41) is 2.22. The van der Waals surface area contributed by atoms with E-state index in [1.165, 1.54) is 16.7 Å². The van der Waals surface area contributed by atoms with Crippen molar-refractivity contribution in [1.82, 2.24) is 14.1 Å². The Morgan fingerprint density at radius 1 is 0.467 bits per heavy atom. The molecule has 0 unspecified atom stereocenters. The molecule has 0 saturated carbocycles. The van der Waals surface area contributed by atoms with Crippen LogP contribution in [0.15, 0.2) is 194 Å². The Morgan fingerprint density at radius 3 is 1.88 bits per heavy atom. The molecular formula is C54H32N4OPt-2. The van der Waals surface area contributed by atoms with Gasteiger partial charge >= 0.3 is 0 Å². The number of rotatable bonds is 5. The number of aromatic nitrogens is 4. The molecule has 0 aliphatic carbocycles. The largest absolute Gasteiger partial charge is 0.510 e. The van der Waals surface area contributed by atoms with Crippen molar-refractivity contribution in [1.29, 1.82) is 0 Å². The predicted molar refractivity (Wildman–Crippen MR) is 235 cm³/mol. The van der Waals surface area contributed by atoms with Crippen molar-refractivity contribution in [2.45, 2.75) is 0 Å². The van der Waals surface area contributed by atoms with Gasteiger partial charge in [0, 0.05) is 44.3 Å². The Balaban J connectivity index is 0.00000408. The molecule has 60 heavy (non-hydrogen) atoms. The third-order valence-corrected chi connectivity index (χ3v) is 11.4. The average molecular weight is 948 g/mol. The normalized spacial score (nSPS) is 11.5. The zero-order valence-electron chi connectivity index (χ0n) is 32.0. The minimum Gasteiger partial charge on any atom is -0.510 e. The molecular weight excluding hydrogens is 916 g/mol. The van der Waals surface area contributed by atoms with Crippen molar-refractivity contribution in [3.63, 3.8) is 0 Å². The monoisotopic (exact) mass is 947 g/mol. The molecule has 0 fully saturated rings. The van der Waals surface area contributed by atoms with Crippen LogP contribution in [0.1, 0.15) is 0 Å². The zero-order valence-corrected chi connectivity index (χ0v) is 34.3. The molecule has 0 saturated heterocycles. The first-order valence-electron chi connectivity index (χ1n) is 19.7. The van der Waals surface area contributed by atoms with Gasteiger partial charge < -0.3 is 13.9 Å². The van der Waals surface area contributed by atoms with Gasteiger partial charge in [-0.2, -0.15) is 18.2 Å². The van der Waals surface area contributed by atoms with Crippen LogP contribution in [0, 0.1) is 18.5 Å². The first-order chi connectivity index (χ1) is 29.3. The minimum absolute atomic E-state index is 0. The van der Waals surface area contributed by atoms with Crippen LogP contribution in [0.3, 0.4) is 0 Å². The summed E-state index contributed by atoms with van der Waals surface area (Å²) in [4.78, 5) is 4.69. The van der Waals surface area contributed by atoms with Crippen LogP contribution in [-0.2, 0) is 21.1 Å². The van der Waals surface area contributed by atoms with E-state index in [1.54, 1.807) is 0 Å². The van der Waals surface area contributed by atoms with Gasteiger partial charge in [-0.05, 0) is 73.8 Å². The molecule has 0 spiro atoms. The summed E-state index contributed by atoms with van der Waals surface area (Å²) in [5.41, 5.74) is 15.1. The molecule has 0 radical (unpaired) electrons. The Hall–Kier alpha value is -7.33. The average Bonchev–Trinajstić information content (AvgIpc) is 3.86. The SMILES string of the molecule is [Pt].[c-]1c(Oc2[c-]c3c(cc2)c2ccccc2n3-c2ccccn2)cccc1-n1[c-][n+]2c3c(cccc31)-c1ccccc1-c1ccccc1-c1cccc(-c3ccccc3)c1-2. The molecule has 1 aliphatic rings. The standard InChI is InChI=1S/C54H32N4O.Pt/c1-2-15-36(16-3-1)40-24-13-25-47-43-21-6-4-19-41(43)42-20-5-7-22-44(42)48-26-14-28-50-54(48)57(53(40)47)35-56(50)37-17-12-18-38(33-37)59-39-30-31-46-45-23-8-9-27-49(45)58(51(46)34-39)52-29-10-11-32-55-52;/h1-32H;/q-2;. The number of ether oxygens (including phenoxy) is 1. The van der Waals surface area contributed by atoms with E-state index in [4.69, 9.17) is 4.74 Å². The Labute approximate surface area is 361 Å². The van der Waals surface area contributed by atoms with Gasteiger partial charge in [-0.15, -0.1) is 29.7 Å². The molecule has 3 aromatic heterocycles. The Bertz CT molecular complexity index is 3420. The van der Waals surface area contributed by atoms with E-state index in [1.807, 2.05) is 42.6 Å². The molecule has 6 heteroatoms. The van der Waals surface area contributed by atoms with E-state index in [-0.39, 0.29) is 21.1 Å². The molecule has 4 heterocycles. The van der Waals surface area contributed by atoms with Gasteiger partial charge in [-0.1, -0.05) is 145 Å².